The van der Waals surface area contributed by atoms with Crippen molar-refractivity contribution in [3.05, 3.63) is 47.2 Å². The van der Waals surface area contributed by atoms with Crippen LogP contribution >= 0.6 is 0 Å². The lowest BCUT2D eigenvalue weighted by Crippen LogP contribution is -2.32. The van der Waals surface area contributed by atoms with Gasteiger partial charge >= 0.3 is 5.97 Å². The van der Waals surface area contributed by atoms with Crippen molar-refractivity contribution in [3.63, 3.8) is 0 Å². The van der Waals surface area contributed by atoms with Gasteiger partial charge in [-0.15, -0.1) is 0 Å². The molecule has 1 fully saturated rings. The van der Waals surface area contributed by atoms with Crippen LogP contribution in [0, 0.1) is 5.92 Å². The van der Waals surface area contributed by atoms with E-state index in [0.717, 1.165) is 18.6 Å². The maximum absolute atomic E-state index is 12.6. The molecule has 0 spiro atoms. The number of fused-ring (bicyclic) bond motifs is 1. The van der Waals surface area contributed by atoms with Crippen LogP contribution in [0.5, 0.6) is 0 Å². The molecule has 24 heavy (non-hydrogen) atoms. The van der Waals surface area contributed by atoms with E-state index in [4.69, 9.17) is 14.2 Å². The lowest BCUT2D eigenvalue weighted by atomic mass is 9.92. The van der Waals surface area contributed by atoms with Gasteiger partial charge in [-0.05, 0) is 45.6 Å². The Morgan fingerprint density at radius 3 is 2.67 bits per heavy atom. The maximum Gasteiger partial charge on any atom is 0.337 e. The second kappa shape index (κ2) is 6.98. The molecule has 130 valence electrons. The first kappa shape index (κ1) is 17.0. The summed E-state index contributed by atoms with van der Waals surface area (Å²) in [6, 6.07) is 10.2. The number of carbonyl (C=O) groups excluding carboxylic acids is 1. The molecule has 0 N–H and O–H groups in total. The van der Waals surface area contributed by atoms with Crippen LogP contribution in [0.2, 0.25) is 0 Å². The van der Waals surface area contributed by atoms with Gasteiger partial charge in [-0.25, -0.2) is 4.79 Å². The smallest absolute Gasteiger partial charge is 0.337 e. The number of esters is 1. The van der Waals surface area contributed by atoms with E-state index >= 15 is 0 Å². The van der Waals surface area contributed by atoms with Crippen molar-refractivity contribution in [3.8, 4) is 0 Å². The average Bonchev–Trinajstić information content (AvgIpc) is 2.98. The molecule has 0 saturated carbocycles. The van der Waals surface area contributed by atoms with Crippen molar-refractivity contribution < 1.29 is 19.0 Å². The number of rotatable bonds is 4. The molecule has 0 aromatic heterocycles. The van der Waals surface area contributed by atoms with Crippen LogP contribution in [0.4, 0.5) is 0 Å². The fraction of sp³-hybridized carbons (Fsp3) is 0.550. The molecule has 4 heteroatoms. The molecule has 2 aliphatic rings. The molecule has 0 amide bonds. The minimum absolute atomic E-state index is 0.207. The zero-order chi connectivity index (χ0) is 17.2. The number of carbonyl (C=O) groups is 1. The Labute approximate surface area is 143 Å². The largest absolute Gasteiger partial charge is 0.468 e. The first-order valence-corrected chi connectivity index (χ1v) is 8.70. The van der Waals surface area contributed by atoms with Crippen molar-refractivity contribution in [1.82, 2.24) is 0 Å². The molecule has 0 radical (unpaired) electrons. The van der Waals surface area contributed by atoms with E-state index in [0.29, 0.717) is 25.0 Å². The normalized spacial score (nSPS) is 23.6. The van der Waals surface area contributed by atoms with Crippen LogP contribution in [0.3, 0.4) is 0 Å². The fourth-order valence-corrected chi connectivity index (χ4v) is 3.17. The van der Waals surface area contributed by atoms with Gasteiger partial charge in [0.1, 0.15) is 11.4 Å². The summed E-state index contributed by atoms with van der Waals surface area (Å²) >= 11 is 0. The van der Waals surface area contributed by atoms with Crippen molar-refractivity contribution >= 4 is 5.97 Å². The van der Waals surface area contributed by atoms with E-state index in [9.17, 15) is 4.79 Å². The summed E-state index contributed by atoms with van der Waals surface area (Å²) in [6.45, 7) is 6.36. The molecule has 2 atom stereocenters. The van der Waals surface area contributed by atoms with Crippen LogP contribution < -0.4 is 0 Å². The zero-order valence-electron chi connectivity index (χ0n) is 14.7. The number of hydrogen-bond donors (Lipinski definition) is 0. The summed E-state index contributed by atoms with van der Waals surface area (Å²) in [5, 5.41) is 0. The third-order valence-corrected chi connectivity index (χ3v) is 4.35. The molecule has 2 heterocycles. The number of allylic oxidation sites excluding steroid dienone is 1. The minimum Gasteiger partial charge on any atom is -0.468 e. The molecular formula is C20H26O4. The lowest BCUT2D eigenvalue weighted by Gasteiger charge is -2.30. The first-order chi connectivity index (χ1) is 11.4. The Balaban J connectivity index is 1.78. The van der Waals surface area contributed by atoms with E-state index in [2.05, 4.69) is 12.1 Å². The third-order valence-electron chi connectivity index (χ3n) is 4.35. The molecule has 0 bridgehead atoms. The Bertz CT molecular complexity index is 612. The average molecular weight is 330 g/mol. The van der Waals surface area contributed by atoms with Crippen LogP contribution in [0.1, 0.15) is 45.6 Å². The molecule has 1 saturated heterocycles. The molecular weight excluding hydrogens is 304 g/mol. The van der Waals surface area contributed by atoms with Crippen LogP contribution in [-0.2, 0) is 25.4 Å². The number of ether oxygens (including phenoxy) is 3. The van der Waals surface area contributed by atoms with Gasteiger partial charge < -0.3 is 14.2 Å². The minimum atomic E-state index is -0.502. The van der Waals surface area contributed by atoms with Crippen molar-refractivity contribution in [1.29, 1.82) is 0 Å². The van der Waals surface area contributed by atoms with Crippen molar-refractivity contribution in [2.75, 3.05) is 6.61 Å². The van der Waals surface area contributed by atoms with E-state index in [1.165, 1.54) is 5.56 Å². The van der Waals surface area contributed by atoms with Gasteiger partial charge in [-0.2, -0.15) is 0 Å². The predicted molar refractivity (Wildman–Crippen MR) is 91.2 cm³/mol. The second-order valence-electron chi connectivity index (χ2n) is 7.50. The highest BCUT2D eigenvalue weighted by atomic mass is 16.7. The molecule has 1 aromatic carbocycles. The maximum atomic E-state index is 12.6. The summed E-state index contributed by atoms with van der Waals surface area (Å²) in [6.07, 6.45) is 2.93. The van der Waals surface area contributed by atoms with Gasteiger partial charge in [0, 0.05) is 12.3 Å². The second-order valence-corrected chi connectivity index (χ2v) is 7.50. The SMILES string of the molecule is CC(C)(C)OC(=O)C1=C(CCc2ccccc2)OC2OCCC2C1. The Morgan fingerprint density at radius 2 is 1.96 bits per heavy atom. The van der Waals surface area contributed by atoms with Crippen LogP contribution in [-0.4, -0.2) is 24.5 Å². The Morgan fingerprint density at radius 1 is 1.21 bits per heavy atom. The van der Waals surface area contributed by atoms with Crippen molar-refractivity contribution in [2.24, 2.45) is 5.92 Å². The summed E-state index contributed by atoms with van der Waals surface area (Å²) in [5.41, 5.74) is 1.41. The highest BCUT2D eigenvalue weighted by Crippen LogP contribution is 2.38. The third kappa shape index (κ3) is 4.18. The van der Waals surface area contributed by atoms with Gasteiger partial charge in [0.05, 0.1) is 12.2 Å². The van der Waals surface area contributed by atoms with Crippen molar-refractivity contribution in [2.45, 2.75) is 58.3 Å². The molecule has 0 aliphatic carbocycles. The highest BCUT2D eigenvalue weighted by Gasteiger charge is 2.39. The highest BCUT2D eigenvalue weighted by molar-refractivity contribution is 5.89. The number of hydrogen-bond acceptors (Lipinski definition) is 4. The first-order valence-electron chi connectivity index (χ1n) is 8.70. The van der Waals surface area contributed by atoms with E-state index in [1.807, 2.05) is 39.0 Å². The van der Waals surface area contributed by atoms with Gasteiger partial charge in [0.15, 0.2) is 0 Å². The standard InChI is InChI=1S/C20H26O4/c1-20(2,3)24-18(21)16-13-15-11-12-22-19(15)23-17(16)10-9-14-7-5-4-6-8-14/h4-8,15,19H,9-13H2,1-3H3. The monoisotopic (exact) mass is 330 g/mol. The predicted octanol–water partition coefficient (Wildman–Crippen LogP) is 4.00. The molecule has 1 aromatic rings. The van der Waals surface area contributed by atoms with Gasteiger partial charge in [0.25, 0.3) is 0 Å². The van der Waals surface area contributed by atoms with Gasteiger partial charge in [0.2, 0.25) is 6.29 Å². The van der Waals surface area contributed by atoms with Crippen LogP contribution in [0.15, 0.2) is 41.7 Å². The molecule has 2 aliphatic heterocycles. The zero-order valence-corrected chi connectivity index (χ0v) is 14.7. The lowest BCUT2D eigenvalue weighted by molar-refractivity contribution is -0.154. The van der Waals surface area contributed by atoms with Crippen LogP contribution in [0.25, 0.3) is 0 Å². The summed E-state index contributed by atoms with van der Waals surface area (Å²) < 4.78 is 17.3. The number of aryl methyl sites for hydroxylation is 1. The van der Waals surface area contributed by atoms with E-state index < -0.39 is 5.60 Å². The Hall–Kier alpha value is -1.81. The molecule has 3 rings (SSSR count). The summed E-state index contributed by atoms with van der Waals surface area (Å²) in [5.74, 6) is 0.736. The summed E-state index contributed by atoms with van der Waals surface area (Å²) in [4.78, 5) is 12.6. The van der Waals surface area contributed by atoms with E-state index in [-0.39, 0.29) is 18.2 Å². The van der Waals surface area contributed by atoms with Gasteiger partial charge in [-0.3, -0.25) is 0 Å². The van der Waals surface area contributed by atoms with E-state index in [1.54, 1.807) is 0 Å². The topological polar surface area (TPSA) is 44.8 Å². The quantitative estimate of drug-likeness (QED) is 0.783. The summed E-state index contributed by atoms with van der Waals surface area (Å²) in [7, 11) is 0. The fourth-order valence-electron chi connectivity index (χ4n) is 3.17. The Kier molecular flexibility index (Phi) is 4.95. The molecule has 2 unspecified atom stereocenters. The van der Waals surface area contributed by atoms with Gasteiger partial charge in [-0.1, -0.05) is 30.3 Å². The molecule has 4 nitrogen and oxygen atoms in total. The number of benzene rings is 1.